The first-order chi connectivity index (χ1) is 10.6. The monoisotopic (exact) mass is 301 g/mol. The van der Waals surface area contributed by atoms with Crippen LogP contribution in [0.2, 0.25) is 0 Å². The van der Waals surface area contributed by atoms with Gasteiger partial charge in [-0.1, -0.05) is 6.07 Å². The van der Waals surface area contributed by atoms with Crippen LogP contribution in [0.25, 0.3) is 10.9 Å². The van der Waals surface area contributed by atoms with Gasteiger partial charge in [0.25, 0.3) is 0 Å². The fourth-order valence-corrected chi connectivity index (χ4v) is 3.54. The van der Waals surface area contributed by atoms with Crippen LogP contribution in [0.5, 0.6) is 0 Å². The molecule has 0 aliphatic carbocycles. The topological polar surface area (TPSA) is 69.2 Å². The van der Waals surface area contributed by atoms with E-state index in [0.717, 1.165) is 48.7 Å². The molecule has 0 saturated carbocycles. The second kappa shape index (κ2) is 6.08. The maximum absolute atomic E-state index is 12.7. The van der Waals surface area contributed by atoms with Crippen LogP contribution >= 0.6 is 0 Å². The van der Waals surface area contributed by atoms with Gasteiger partial charge in [0, 0.05) is 24.1 Å². The number of hydrogen-bond donors (Lipinski definition) is 2. The highest BCUT2D eigenvalue weighted by molar-refractivity contribution is 5.83. The van der Waals surface area contributed by atoms with Gasteiger partial charge in [0.1, 0.15) is 0 Å². The molecule has 1 atom stereocenters. The van der Waals surface area contributed by atoms with E-state index in [-0.39, 0.29) is 18.1 Å². The van der Waals surface area contributed by atoms with Crippen LogP contribution in [0.3, 0.4) is 0 Å². The van der Waals surface area contributed by atoms with Gasteiger partial charge in [-0.2, -0.15) is 5.10 Å². The number of likely N-dealkylation sites (tertiary alicyclic amines) is 1. The molecule has 1 aromatic heterocycles. The number of aromatic amines is 1. The second-order valence-corrected chi connectivity index (χ2v) is 6.44. The van der Waals surface area contributed by atoms with Gasteiger partial charge in [-0.05, 0) is 50.3 Å². The summed E-state index contributed by atoms with van der Waals surface area (Å²) in [7, 11) is 0. The van der Waals surface area contributed by atoms with E-state index in [1.165, 1.54) is 0 Å². The fraction of sp³-hybridized carbons (Fsp3) is 0.529. The Morgan fingerprint density at radius 1 is 1.50 bits per heavy atom. The lowest BCUT2D eigenvalue weighted by molar-refractivity contribution is -0.134. The zero-order valence-corrected chi connectivity index (χ0v) is 13.0. The molecule has 118 valence electrons. The van der Waals surface area contributed by atoms with Crippen LogP contribution in [0, 0.1) is 0 Å². The van der Waals surface area contributed by atoms with Crippen LogP contribution in [-0.2, 0) is 11.2 Å². The van der Waals surface area contributed by atoms with E-state index in [0.29, 0.717) is 6.42 Å². The minimum Gasteiger partial charge on any atom is -0.396 e. The molecule has 3 rings (SSSR count). The number of fused-ring (bicyclic) bond motifs is 1. The number of nitrogens with zero attached hydrogens (tertiary/aromatic N) is 2. The predicted octanol–water partition coefficient (Wildman–Crippen LogP) is 2.26. The summed E-state index contributed by atoms with van der Waals surface area (Å²) in [5.74, 6) is 0.181. The van der Waals surface area contributed by atoms with Crippen LogP contribution in [0.15, 0.2) is 24.4 Å². The van der Waals surface area contributed by atoms with E-state index < -0.39 is 0 Å². The first-order valence-corrected chi connectivity index (χ1v) is 7.96. The number of aliphatic hydroxyl groups excluding tert-OH is 1. The Hall–Kier alpha value is -1.88. The minimum atomic E-state index is -0.0977. The lowest BCUT2D eigenvalue weighted by Crippen LogP contribution is -2.45. The highest BCUT2D eigenvalue weighted by atomic mass is 16.3. The molecule has 1 amide bonds. The van der Waals surface area contributed by atoms with E-state index in [9.17, 15) is 4.79 Å². The average Bonchev–Trinajstić information content (AvgIpc) is 3.11. The summed E-state index contributed by atoms with van der Waals surface area (Å²) >= 11 is 0. The van der Waals surface area contributed by atoms with Gasteiger partial charge in [0.05, 0.1) is 18.1 Å². The van der Waals surface area contributed by atoms with Crippen molar-refractivity contribution in [1.29, 1.82) is 0 Å². The first-order valence-electron chi connectivity index (χ1n) is 7.96. The van der Waals surface area contributed by atoms with Crippen molar-refractivity contribution in [2.75, 3.05) is 13.2 Å². The summed E-state index contributed by atoms with van der Waals surface area (Å²) in [6.07, 6.45) is 5.91. The third-order valence-corrected chi connectivity index (χ3v) is 4.78. The Morgan fingerprint density at radius 3 is 3.18 bits per heavy atom. The number of amides is 1. The number of aliphatic hydroxyl groups is 1. The molecule has 1 saturated heterocycles. The van der Waals surface area contributed by atoms with Crippen LogP contribution in [0.1, 0.15) is 38.2 Å². The highest BCUT2D eigenvalue weighted by Gasteiger charge is 2.38. The number of nitrogens with one attached hydrogen (secondary N) is 1. The maximum Gasteiger partial charge on any atom is 0.227 e. The quantitative estimate of drug-likeness (QED) is 0.890. The standard InChI is InChI=1S/C17H23N3O2/c1-17(7-3-9-21)6-2-8-20(17)16(22)11-13-4-5-15-14(10-13)12-18-19-15/h4-5,10,12,21H,2-3,6-9,11H2,1H3,(H,18,19). The number of benzene rings is 1. The van der Waals surface area contributed by atoms with Crippen molar-refractivity contribution in [2.45, 2.75) is 44.6 Å². The van der Waals surface area contributed by atoms with Crippen LogP contribution < -0.4 is 0 Å². The molecule has 0 spiro atoms. The third kappa shape index (κ3) is 2.86. The van der Waals surface area contributed by atoms with Gasteiger partial charge in [0.15, 0.2) is 0 Å². The molecule has 22 heavy (non-hydrogen) atoms. The van der Waals surface area contributed by atoms with Gasteiger partial charge >= 0.3 is 0 Å². The van der Waals surface area contributed by atoms with Gasteiger partial charge in [-0.15, -0.1) is 0 Å². The smallest absolute Gasteiger partial charge is 0.227 e. The Morgan fingerprint density at radius 2 is 2.36 bits per heavy atom. The van der Waals surface area contributed by atoms with Gasteiger partial charge in [-0.3, -0.25) is 9.89 Å². The third-order valence-electron chi connectivity index (χ3n) is 4.78. The van der Waals surface area contributed by atoms with Crippen molar-refractivity contribution in [3.8, 4) is 0 Å². The van der Waals surface area contributed by atoms with Crippen LogP contribution in [0.4, 0.5) is 0 Å². The van der Waals surface area contributed by atoms with E-state index >= 15 is 0 Å². The number of H-pyrrole nitrogens is 1. The van der Waals surface area contributed by atoms with Crippen LogP contribution in [-0.4, -0.2) is 44.8 Å². The Labute approximate surface area is 130 Å². The molecule has 1 unspecified atom stereocenters. The highest BCUT2D eigenvalue weighted by Crippen LogP contribution is 2.33. The van der Waals surface area contributed by atoms with E-state index in [2.05, 4.69) is 17.1 Å². The van der Waals surface area contributed by atoms with Crippen molar-refractivity contribution in [3.63, 3.8) is 0 Å². The Kier molecular flexibility index (Phi) is 4.16. The van der Waals surface area contributed by atoms with Crippen molar-refractivity contribution >= 4 is 16.8 Å². The average molecular weight is 301 g/mol. The number of carbonyl (C=O) groups is 1. The molecular formula is C17H23N3O2. The van der Waals surface area contributed by atoms with Gasteiger partial charge < -0.3 is 10.0 Å². The fourth-order valence-electron chi connectivity index (χ4n) is 3.54. The molecule has 1 aliphatic rings. The minimum absolute atomic E-state index is 0.0977. The Bertz CT molecular complexity index is 667. The van der Waals surface area contributed by atoms with Crippen molar-refractivity contribution in [1.82, 2.24) is 15.1 Å². The van der Waals surface area contributed by atoms with E-state index in [1.807, 2.05) is 23.1 Å². The molecule has 1 fully saturated rings. The number of aromatic nitrogens is 2. The van der Waals surface area contributed by atoms with Crippen molar-refractivity contribution in [3.05, 3.63) is 30.0 Å². The largest absolute Gasteiger partial charge is 0.396 e. The molecule has 5 heteroatoms. The number of rotatable bonds is 5. The molecule has 0 bridgehead atoms. The lowest BCUT2D eigenvalue weighted by atomic mass is 9.92. The molecular weight excluding hydrogens is 278 g/mol. The first kappa shape index (κ1) is 15.0. The number of carbonyl (C=O) groups excluding carboxylic acids is 1. The molecule has 0 radical (unpaired) electrons. The molecule has 1 aliphatic heterocycles. The summed E-state index contributed by atoms with van der Waals surface area (Å²) in [5, 5.41) is 17.0. The predicted molar refractivity (Wildman–Crippen MR) is 85.5 cm³/mol. The van der Waals surface area contributed by atoms with E-state index in [1.54, 1.807) is 6.20 Å². The summed E-state index contributed by atoms with van der Waals surface area (Å²) in [5.41, 5.74) is 1.92. The normalized spacial score (nSPS) is 21.6. The maximum atomic E-state index is 12.7. The van der Waals surface area contributed by atoms with Crippen molar-refractivity contribution < 1.29 is 9.90 Å². The summed E-state index contributed by atoms with van der Waals surface area (Å²) in [6, 6.07) is 5.98. The molecule has 2 heterocycles. The summed E-state index contributed by atoms with van der Waals surface area (Å²) in [6.45, 7) is 3.16. The van der Waals surface area contributed by atoms with Gasteiger partial charge in [-0.25, -0.2) is 0 Å². The van der Waals surface area contributed by atoms with Crippen molar-refractivity contribution in [2.24, 2.45) is 0 Å². The zero-order chi connectivity index (χ0) is 15.6. The second-order valence-electron chi connectivity index (χ2n) is 6.44. The zero-order valence-electron chi connectivity index (χ0n) is 13.0. The Balaban J connectivity index is 1.72. The molecule has 2 N–H and O–H groups in total. The van der Waals surface area contributed by atoms with E-state index in [4.69, 9.17) is 5.11 Å². The molecule has 1 aromatic carbocycles. The lowest BCUT2D eigenvalue weighted by Gasteiger charge is -2.35. The molecule has 2 aromatic rings. The number of hydrogen-bond acceptors (Lipinski definition) is 3. The summed E-state index contributed by atoms with van der Waals surface area (Å²) < 4.78 is 0. The summed E-state index contributed by atoms with van der Waals surface area (Å²) in [4.78, 5) is 14.7. The van der Waals surface area contributed by atoms with Gasteiger partial charge in [0.2, 0.25) is 5.91 Å². The SMILES string of the molecule is CC1(CCCO)CCCN1C(=O)Cc1ccc2[nH]ncc2c1. The molecule has 5 nitrogen and oxygen atoms in total.